The first-order valence-electron chi connectivity index (χ1n) is 7.13. The van der Waals surface area contributed by atoms with E-state index in [-0.39, 0.29) is 6.04 Å². The Morgan fingerprint density at radius 2 is 1.75 bits per heavy atom. The number of halogens is 3. The van der Waals surface area contributed by atoms with Crippen molar-refractivity contribution in [1.29, 1.82) is 0 Å². The number of alkyl halides is 3. The fourth-order valence-corrected chi connectivity index (χ4v) is 3.59. The van der Waals surface area contributed by atoms with Crippen LogP contribution >= 0.6 is 0 Å². The summed E-state index contributed by atoms with van der Waals surface area (Å²) in [5, 5.41) is 0. The summed E-state index contributed by atoms with van der Waals surface area (Å²) < 4.78 is 37.7. The van der Waals surface area contributed by atoms with E-state index >= 15 is 0 Å². The zero-order chi connectivity index (χ0) is 14.3. The van der Waals surface area contributed by atoms with Gasteiger partial charge in [0.25, 0.3) is 0 Å². The van der Waals surface area contributed by atoms with E-state index in [1.165, 1.54) is 12.8 Å². The van der Waals surface area contributed by atoms with Gasteiger partial charge in [0.05, 0.1) is 5.56 Å². The van der Waals surface area contributed by atoms with Gasteiger partial charge in [-0.05, 0) is 48.9 Å². The Kier molecular flexibility index (Phi) is 3.40. The fraction of sp³-hybridized carbons (Fsp3) is 0.600. The summed E-state index contributed by atoms with van der Waals surface area (Å²) in [7, 11) is 0. The standard InChI is InChI=1S/C15H19F3N2/c16-15(17,18)11-4-6-12(7-5-11)20-8-10-2-1-3-14(19)13(10)9-20/h4-7,10,13-14H,1-3,8-9,19H2. The topological polar surface area (TPSA) is 29.3 Å². The predicted molar refractivity (Wildman–Crippen MR) is 72.5 cm³/mol. The van der Waals surface area contributed by atoms with Gasteiger partial charge in [0, 0.05) is 24.8 Å². The largest absolute Gasteiger partial charge is 0.416 e. The van der Waals surface area contributed by atoms with Crippen molar-refractivity contribution in [3.8, 4) is 0 Å². The lowest BCUT2D eigenvalue weighted by molar-refractivity contribution is -0.137. The maximum Gasteiger partial charge on any atom is 0.416 e. The number of benzene rings is 1. The first-order valence-corrected chi connectivity index (χ1v) is 7.13. The minimum Gasteiger partial charge on any atom is -0.371 e. The smallest absolute Gasteiger partial charge is 0.371 e. The zero-order valence-corrected chi connectivity index (χ0v) is 11.2. The molecule has 0 aromatic heterocycles. The highest BCUT2D eigenvalue weighted by Gasteiger charge is 2.39. The van der Waals surface area contributed by atoms with Crippen LogP contribution in [0.15, 0.2) is 24.3 Å². The van der Waals surface area contributed by atoms with Crippen LogP contribution in [-0.4, -0.2) is 19.1 Å². The van der Waals surface area contributed by atoms with Crippen LogP contribution in [0.1, 0.15) is 24.8 Å². The van der Waals surface area contributed by atoms with Crippen molar-refractivity contribution in [1.82, 2.24) is 0 Å². The maximum atomic E-state index is 12.6. The fourth-order valence-electron chi connectivity index (χ4n) is 3.59. The number of hydrogen-bond acceptors (Lipinski definition) is 2. The summed E-state index contributed by atoms with van der Waals surface area (Å²) in [4.78, 5) is 2.18. The molecule has 2 nitrogen and oxygen atoms in total. The van der Waals surface area contributed by atoms with Crippen LogP contribution in [0.3, 0.4) is 0 Å². The molecule has 1 aliphatic heterocycles. The summed E-state index contributed by atoms with van der Waals surface area (Å²) in [5.41, 5.74) is 6.45. The van der Waals surface area contributed by atoms with Crippen LogP contribution in [0.2, 0.25) is 0 Å². The zero-order valence-electron chi connectivity index (χ0n) is 11.2. The van der Waals surface area contributed by atoms with Crippen LogP contribution in [-0.2, 0) is 6.18 Å². The minimum atomic E-state index is -4.26. The molecule has 20 heavy (non-hydrogen) atoms. The first-order chi connectivity index (χ1) is 9.45. The minimum absolute atomic E-state index is 0.244. The second-order valence-electron chi connectivity index (χ2n) is 5.97. The van der Waals surface area contributed by atoms with Gasteiger partial charge in [-0.3, -0.25) is 0 Å². The van der Waals surface area contributed by atoms with Crippen molar-refractivity contribution in [2.45, 2.75) is 31.5 Å². The lowest BCUT2D eigenvalue weighted by Crippen LogP contribution is -2.38. The van der Waals surface area contributed by atoms with Gasteiger partial charge in [-0.2, -0.15) is 13.2 Å². The van der Waals surface area contributed by atoms with Gasteiger partial charge in [-0.1, -0.05) is 6.42 Å². The van der Waals surface area contributed by atoms with Crippen molar-refractivity contribution < 1.29 is 13.2 Å². The van der Waals surface area contributed by atoms with Gasteiger partial charge in [0.1, 0.15) is 0 Å². The molecule has 0 spiro atoms. The van der Waals surface area contributed by atoms with Crippen molar-refractivity contribution in [2.75, 3.05) is 18.0 Å². The summed E-state index contributed by atoms with van der Waals surface area (Å²) in [6.45, 7) is 1.79. The SMILES string of the molecule is NC1CCCC2CN(c3ccc(C(F)(F)F)cc3)CC12. The molecule has 3 unspecified atom stereocenters. The summed E-state index contributed by atoms with van der Waals surface area (Å²) in [5.74, 6) is 1.09. The normalized spacial score (nSPS) is 30.4. The van der Waals surface area contributed by atoms with Crippen molar-refractivity contribution >= 4 is 5.69 Å². The molecule has 5 heteroatoms. The molecule has 2 aliphatic rings. The molecule has 1 saturated heterocycles. The van der Waals surface area contributed by atoms with Crippen molar-refractivity contribution in [2.24, 2.45) is 17.6 Å². The Labute approximate surface area is 116 Å². The molecule has 0 amide bonds. The highest BCUT2D eigenvalue weighted by molar-refractivity contribution is 5.49. The Balaban J connectivity index is 1.74. The molecule has 1 aromatic carbocycles. The number of hydrogen-bond donors (Lipinski definition) is 1. The number of nitrogens with zero attached hydrogens (tertiary/aromatic N) is 1. The van der Waals surface area contributed by atoms with Crippen LogP contribution in [0.25, 0.3) is 0 Å². The second kappa shape index (κ2) is 4.95. The average Bonchev–Trinajstić information content (AvgIpc) is 2.83. The van der Waals surface area contributed by atoms with E-state index in [2.05, 4.69) is 4.90 Å². The molecular formula is C15H19F3N2. The van der Waals surface area contributed by atoms with Crippen LogP contribution in [0, 0.1) is 11.8 Å². The molecule has 0 radical (unpaired) electrons. The highest BCUT2D eigenvalue weighted by atomic mass is 19.4. The predicted octanol–water partition coefficient (Wildman–Crippen LogP) is 3.27. The molecule has 0 bridgehead atoms. The summed E-state index contributed by atoms with van der Waals surface area (Å²) in [6.07, 6.45) is -0.833. The molecule has 2 fully saturated rings. The van der Waals surface area contributed by atoms with Crippen LogP contribution in [0.5, 0.6) is 0 Å². The average molecular weight is 284 g/mol. The van der Waals surface area contributed by atoms with E-state index < -0.39 is 11.7 Å². The van der Waals surface area contributed by atoms with E-state index in [9.17, 15) is 13.2 Å². The van der Waals surface area contributed by atoms with Crippen LogP contribution in [0.4, 0.5) is 18.9 Å². The highest BCUT2D eigenvalue weighted by Crippen LogP contribution is 2.38. The molecule has 1 aliphatic carbocycles. The lowest BCUT2D eigenvalue weighted by atomic mass is 9.78. The third-order valence-electron chi connectivity index (χ3n) is 4.71. The van der Waals surface area contributed by atoms with Crippen molar-refractivity contribution in [3.63, 3.8) is 0 Å². The molecule has 1 aromatic rings. The van der Waals surface area contributed by atoms with E-state index in [0.29, 0.717) is 11.8 Å². The maximum absolute atomic E-state index is 12.6. The molecule has 3 rings (SSSR count). The molecule has 2 N–H and O–H groups in total. The quantitative estimate of drug-likeness (QED) is 0.857. The van der Waals surface area contributed by atoms with Gasteiger partial charge in [0.2, 0.25) is 0 Å². The Hall–Kier alpha value is -1.23. The van der Waals surface area contributed by atoms with E-state index in [4.69, 9.17) is 5.73 Å². The van der Waals surface area contributed by atoms with Gasteiger partial charge < -0.3 is 10.6 Å². The van der Waals surface area contributed by atoms with Gasteiger partial charge >= 0.3 is 6.18 Å². The first kappa shape index (κ1) is 13.7. The Morgan fingerprint density at radius 3 is 2.35 bits per heavy atom. The van der Waals surface area contributed by atoms with E-state index in [1.54, 1.807) is 12.1 Å². The molecule has 3 atom stereocenters. The summed E-state index contributed by atoms with van der Waals surface area (Å²) >= 11 is 0. The van der Waals surface area contributed by atoms with Gasteiger partial charge in [0.15, 0.2) is 0 Å². The Bertz CT molecular complexity index is 469. The van der Waals surface area contributed by atoms with Crippen molar-refractivity contribution in [3.05, 3.63) is 29.8 Å². The lowest BCUT2D eigenvalue weighted by Gasteiger charge is -2.29. The monoisotopic (exact) mass is 284 g/mol. The number of anilines is 1. The molecule has 110 valence electrons. The molecule has 1 heterocycles. The van der Waals surface area contributed by atoms with E-state index in [1.807, 2.05) is 0 Å². The molecular weight excluding hydrogens is 265 g/mol. The third kappa shape index (κ3) is 2.51. The third-order valence-corrected chi connectivity index (χ3v) is 4.71. The number of rotatable bonds is 1. The van der Waals surface area contributed by atoms with Gasteiger partial charge in [-0.15, -0.1) is 0 Å². The number of nitrogens with two attached hydrogens (primary N) is 1. The number of fused-ring (bicyclic) bond motifs is 1. The van der Waals surface area contributed by atoms with E-state index in [0.717, 1.165) is 37.3 Å². The van der Waals surface area contributed by atoms with Gasteiger partial charge in [-0.25, -0.2) is 0 Å². The molecule has 1 saturated carbocycles. The second-order valence-corrected chi connectivity index (χ2v) is 5.97. The Morgan fingerprint density at radius 1 is 1.05 bits per heavy atom. The summed E-state index contributed by atoms with van der Waals surface area (Å²) in [6, 6.07) is 5.72. The van der Waals surface area contributed by atoms with Crippen LogP contribution < -0.4 is 10.6 Å².